The van der Waals surface area contributed by atoms with Crippen molar-refractivity contribution in [3.63, 3.8) is 0 Å². The lowest BCUT2D eigenvalue weighted by Gasteiger charge is -2.32. The Hall–Kier alpha value is -0.870. The van der Waals surface area contributed by atoms with Crippen LogP contribution in [0.15, 0.2) is 0 Å². The van der Waals surface area contributed by atoms with Gasteiger partial charge in [0.2, 0.25) is 0 Å². The molecule has 0 aromatic carbocycles. The van der Waals surface area contributed by atoms with E-state index in [0.717, 1.165) is 50.9 Å². The number of aryl methyl sites for hydroxylation is 2. The molecule has 0 aliphatic heterocycles. The van der Waals surface area contributed by atoms with Crippen molar-refractivity contribution in [1.82, 2.24) is 15.1 Å². The first-order valence-corrected chi connectivity index (χ1v) is 8.42. The fourth-order valence-corrected chi connectivity index (χ4v) is 3.06. The highest BCUT2D eigenvalue weighted by molar-refractivity contribution is 5.24. The monoisotopic (exact) mass is 295 g/mol. The molecule has 0 spiro atoms. The van der Waals surface area contributed by atoms with Gasteiger partial charge in [-0.1, -0.05) is 20.8 Å². The summed E-state index contributed by atoms with van der Waals surface area (Å²) >= 11 is 0. The predicted molar refractivity (Wildman–Crippen MR) is 88.7 cm³/mol. The third-order valence-electron chi connectivity index (χ3n) is 4.64. The Bertz CT molecular complexity index is 422. The summed E-state index contributed by atoms with van der Waals surface area (Å²) in [6.45, 7) is 12.9. The molecule has 4 nitrogen and oxygen atoms in total. The minimum atomic E-state index is -0.125. The summed E-state index contributed by atoms with van der Waals surface area (Å²) in [4.78, 5) is 0. The molecule has 1 aromatic heterocycles. The molecule has 1 atom stereocenters. The van der Waals surface area contributed by atoms with Crippen LogP contribution in [0.25, 0.3) is 0 Å². The number of rotatable bonds is 10. The van der Waals surface area contributed by atoms with Crippen LogP contribution in [-0.2, 0) is 13.0 Å². The van der Waals surface area contributed by atoms with Gasteiger partial charge in [-0.3, -0.25) is 4.68 Å². The van der Waals surface area contributed by atoms with Gasteiger partial charge in [0.25, 0.3) is 0 Å². The molecule has 1 heterocycles. The van der Waals surface area contributed by atoms with Gasteiger partial charge in [-0.15, -0.1) is 0 Å². The van der Waals surface area contributed by atoms with E-state index in [9.17, 15) is 5.11 Å². The van der Waals surface area contributed by atoms with E-state index in [4.69, 9.17) is 0 Å². The Labute approximate surface area is 129 Å². The Balaban J connectivity index is 2.62. The van der Waals surface area contributed by atoms with Crippen molar-refractivity contribution in [3.8, 4) is 0 Å². The van der Waals surface area contributed by atoms with Crippen LogP contribution in [0.2, 0.25) is 0 Å². The first-order valence-electron chi connectivity index (χ1n) is 8.42. The lowest BCUT2D eigenvalue weighted by molar-refractivity contribution is 0.142. The molecule has 4 heteroatoms. The largest absolute Gasteiger partial charge is 0.394 e. The summed E-state index contributed by atoms with van der Waals surface area (Å²) in [6.07, 6.45) is 5.13. The third kappa shape index (κ3) is 4.55. The first kappa shape index (κ1) is 18.2. The number of nitrogens with zero attached hydrogens (tertiary/aromatic N) is 2. The summed E-state index contributed by atoms with van der Waals surface area (Å²) in [5.74, 6) is 0. The van der Waals surface area contributed by atoms with E-state index >= 15 is 0 Å². The molecule has 0 radical (unpaired) electrons. The quantitative estimate of drug-likeness (QED) is 0.697. The van der Waals surface area contributed by atoms with Crippen molar-refractivity contribution in [2.75, 3.05) is 13.2 Å². The van der Waals surface area contributed by atoms with E-state index in [0.29, 0.717) is 0 Å². The van der Waals surface area contributed by atoms with E-state index < -0.39 is 0 Å². The van der Waals surface area contributed by atoms with Crippen LogP contribution in [0.1, 0.15) is 63.4 Å². The fraction of sp³-hybridized carbons (Fsp3) is 0.824. The molecule has 0 aliphatic rings. The van der Waals surface area contributed by atoms with Crippen LogP contribution in [-0.4, -0.2) is 33.6 Å². The van der Waals surface area contributed by atoms with Crippen LogP contribution >= 0.6 is 0 Å². The van der Waals surface area contributed by atoms with Crippen LogP contribution in [0, 0.1) is 13.8 Å². The maximum Gasteiger partial charge on any atom is 0.0628 e. The van der Waals surface area contributed by atoms with Crippen molar-refractivity contribution in [3.05, 3.63) is 17.0 Å². The lowest BCUT2D eigenvalue weighted by Crippen LogP contribution is -2.48. The molecule has 21 heavy (non-hydrogen) atoms. The third-order valence-corrected chi connectivity index (χ3v) is 4.64. The molecular formula is C17H33N3O. The van der Waals surface area contributed by atoms with Crippen molar-refractivity contribution >= 4 is 0 Å². The second-order valence-electron chi connectivity index (χ2n) is 6.05. The zero-order valence-corrected chi connectivity index (χ0v) is 14.5. The van der Waals surface area contributed by atoms with E-state index in [1.807, 2.05) is 0 Å². The number of hydrogen-bond acceptors (Lipinski definition) is 3. The molecule has 0 saturated heterocycles. The van der Waals surface area contributed by atoms with E-state index in [1.54, 1.807) is 0 Å². The average Bonchev–Trinajstić information content (AvgIpc) is 2.77. The van der Waals surface area contributed by atoms with Gasteiger partial charge in [-0.05, 0) is 58.1 Å². The Kier molecular flexibility index (Phi) is 7.40. The maximum absolute atomic E-state index is 9.76. The zero-order valence-electron chi connectivity index (χ0n) is 14.5. The molecule has 0 saturated carbocycles. The van der Waals surface area contributed by atoms with Gasteiger partial charge in [0.15, 0.2) is 0 Å². The summed E-state index contributed by atoms with van der Waals surface area (Å²) in [7, 11) is 0. The summed E-state index contributed by atoms with van der Waals surface area (Å²) in [6, 6.07) is 0. The summed E-state index contributed by atoms with van der Waals surface area (Å²) < 4.78 is 2.13. The highest BCUT2D eigenvalue weighted by atomic mass is 16.3. The second kappa shape index (κ2) is 8.54. The van der Waals surface area contributed by atoms with E-state index in [-0.39, 0.29) is 12.1 Å². The van der Waals surface area contributed by atoms with Gasteiger partial charge in [-0.25, -0.2) is 0 Å². The number of nitrogens with one attached hydrogen (secondary N) is 1. The van der Waals surface area contributed by atoms with Crippen LogP contribution in [0.4, 0.5) is 0 Å². The van der Waals surface area contributed by atoms with Gasteiger partial charge < -0.3 is 10.4 Å². The van der Waals surface area contributed by atoms with E-state index in [1.165, 1.54) is 11.3 Å². The minimum Gasteiger partial charge on any atom is -0.394 e. The summed E-state index contributed by atoms with van der Waals surface area (Å²) in [5.41, 5.74) is 3.70. The highest BCUT2D eigenvalue weighted by Crippen LogP contribution is 2.19. The normalized spacial score (nSPS) is 14.4. The van der Waals surface area contributed by atoms with E-state index in [2.05, 4.69) is 49.7 Å². The Morgan fingerprint density at radius 1 is 1.24 bits per heavy atom. The van der Waals surface area contributed by atoms with Gasteiger partial charge >= 0.3 is 0 Å². The molecule has 1 rings (SSSR count). The summed E-state index contributed by atoms with van der Waals surface area (Å²) in [5, 5.41) is 17.9. The van der Waals surface area contributed by atoms with Gasteiger partial charge in [-0.2, -0.15) is 5.10 Å². The fourth-order valence-electron chi connectivity index (χ4n) is 3.06. The smallest absolute Gasteiger partial charge is 0.0628 e. The van der Waals surface area contributed by atoms with Crippen molar-refractivity contribution < 1.29 is 5.11 Å². The molecular weight excluding hydrogens is 262 g/mol. The molecule has 122 valence electrons. The molecule has 0 aliphatic carbocycles. The Morgan fingerprint density at radius 2 is 1.95 bits per heavy atom. The maximum atomic E-state index is 9.76. The predicted octanol–water partition coefficient (Wildman–Crippen LogP) is 2.98. The van der Waals surface area contributed by atoms with Crippen molar-refractivity contribution in [2.24, 2.45) is 0 Å². The standard InChI is InChI=1S/C17H33N3O/c1-6-11-18-17(8-3,13-21)10-9-12-20-15(5)16(7-2)14(4)19-20/h18,21H,6-13H2,1-5H3. The van der Waals surface area contributed by atoms with Gasteiger partial charge in [0, 0.05) is 17.8 Å². The molecule has 0 fully saturated rings. The molecule has 1 aromatic rings. The van der Waals surface area contributed by atoms with Crippen LogP contribution < -0.4 is 5.32 Å². The van der Waals surface area contributed by atoms with Gasteiger partial charge in [0.05, 0.1) is 12.3 Å². The SMILES string of the molecule is CCCNC(CC)(CO)CCCn1nc(C)c(CC)c1C. The number of hydrogen-bond donors (Lipinski definition) is 2. The van der Waals surface area contributed by atoms with Crippen molar-refractivity contribution in [2.45, 2.75) is 78.8 Å². The van der Waals surface area contributed by atoms with Gasteiger partial charge in [0.1, 0.15) is 0 Å². The Morgan fingerprint density at radius 3 is 2.43 bits per heavy atom. The zero-order chi connectivity index (χ0) is 15.9. The molecule has 2 N–H and O–H groups in total. The number of aromatic nitrogens is 2. The lowest BCUT2D eigenvalue weighted by atomic mass is 9.91. The first-order chi connectivity index (χ1) is 10.0. The number of aliphatic hydroxyl groups is 1. The van der Waals surface area contributed by atoms with Crippen LogP contribution in [0.5, 0.6) is 0 Å². The molecule has 1 unspecified atom stereocenters. The molecule has 0 bridgehead atoms. The highest BCUT2D eigenvalue weighted by Gasteiger charge is 2.25. The van der Waals surface area contributed by atoms with Crippen LogP contribution in [0.3, 0.4) is 0 Å². The average molecular weight is 295 g/mol. The molecule has 0 amide bonds. The second-order valence-corrected chi connectivity index (χ2v) is 6.05. The topological polar surface area (TPSA) is 50.1 Å². The van der Waals surface area contributed by atoms with Crippen molar-refractivity contribution in [1.29, 1.82) is 0 Å². The minimum absolute atomic E-state index is 0.125. The number of aliphatic hydroxyl groups excluding tert-OH is 1.